The number of rotatable bonds is 7. The molecule has 0 radical (unpaired) electrons. The van der Waals surface area contributed by atoms with Crippen molar-refractivity contribution in [2.45, 2.75) is 46.1 Å². The molecule has 4 heteroatoms. The van der Waals surface area contributed by atoms with E-state index < -0.39 is 0 Å². The van der Waals surface area contributed by atoms with Crippen LogP contribution in [0.2, 0.25) is 0 Å². The molecule has 1 fully saturated rings. The molecule has 4 nitrogen and oxygen atoms in total. The summed E-state index contributed by atoms with van der Waals surface area (Å²) in [7, 11) is 0. The fourth-order valence-corrected chi connectivity index (χ4v) is 2.60. The van der Waals surface area contributed by atoms with Crippen LogP contribution in [0.4, 0.5) is 0 Å². The van der Waals surface area contributed by atoms with Gasteiger partial charge in [-0.1, -0.05) is 27.2 Å². The number of nitrogens with zero attached hydrogens (tertiary/aromatic N) is 1. The normalized spacial score (nSPS) is 24.3. The predicted octanol–water partition coefficient (Wildman–Crippen LogP) is 1.65. The largest absolute Gasteiger partial charge is 0.372 e. The van der Waals surface area contributed by atoms with Crippen molar-refractivity contribution in [2.24, 2.45) is 5.92 Å². The lowest BCUT2D eigenvalue weighted by molar-refractivity contribution is -0.138. The molecule has 1 aliphatic heterocycles. The minimum atomic E-state index is 0.150. The Hall–Kier alpha value is -0.610. The van der Waals surface area contributed by atoms with E-state index in [1.165, 1.54) is 0 Å². The van der Waals surface area contributed by atoms with Crippen LogP contribution in [0.1, 0.15) is 40.0 Å². The van der Waals surface area contributed by atoms with Crippen molar-refractivity contribution in [3.63, 3.8) is 0 Å². The van der Waals surface area contributed by atoms with Crippen molar-refractivity contribution in [3.05, 3.63) is 0 Å². The van der Waals surface area contributed by atoms with Crippen molar-refractivity contribution in [2.75, 3.05) is 32.8 Å². The Morgan fingerprint density at radius 3 is 2.78 bits per heavy atom. The Kier molecular flexibility index (Phi) is 7.28. The van der Waals surface area contributed by atoms with E-state index in [1.54, 1.807) is 0 Å². The zero-order chi connectivity index (χ0) is 13.4. The number of hydrogen-bond acceptors (Lipinski definition) is 3. The van der Waals surface area contributed by atoms with Gasteiger partial charge in [-0.3, -0.25) is 4.79 Å². The first kappa shape index (κ1) is 15.4. The zero-order valence-corrected chi connectivity index (χ0v) is 12.1. The number of hydrogen-bond donors (Lipinski definition) is 1. The number of piperidine rings is 1. The lowest BCUT2D eigenvalue weighted by atomic mass is 9.90. The van der Waals surface area contributed by atoms with E-state index in [0.717, 1.165) is 38.9 Å². The number of likely N-dealkylation sites (tertiary alicyclic amines) is 1. The number of carbonyl (C=O) groups is 1. The molecule has 1 amide bonds. The van der Waals surface area contributed by atoms with Crippen molar-refractivity contribution in [1.29, 1.82) is 0 Å². The summed E-state index contributed by atoms with van der Waals surface area (Å²) in [5.41, 5.74) is 0. The highest BCUT2D eigenvalue weighted by Crippen LogP contribution is 2.20. The van der Waals surface area contributed by atoms with Crippen LogP contribution in [-0.4, -0.2) is 49.7 Å². The summed E-state index contributed by atoms with van der Waals surface area (Å²) in [5, 5.41) is 3.53. The number of ether oxygens (including phenoxy) is 1. The molecule has 0 aromatic rings. The van der Waals surface area contributed by atoms with Gasteiger partial charge in [0.1, 0.15) is 6.61 Å². The standard InChI is InChI=1S/C14H28N2O2/c1-4-9-18-11-14(17)16-8-7-13(15-6-3)12(5-2)10-16/h12-13,15H,4-11H2,1-3H3. The second kappa shape index (κ2) is 8.48. The van der Waals surface area contributed by atoms with E-state index >= 15 is 0 Å². The molecular weight excluding hydrogens is 228 g/mol. The van der Waals surface area contributed by atoms with Gasteiger partial charge in [0.2, 0.25) is 5.91 Å². The number of carbonyl (C=O) groups excluding carboxylic acids is 1. The Balaban J connectivity index is 2.38. The molecule has 2 unspecified atom stereocenters. The average Bonchev–Trinajstić information content (AvgIpc) is 2.39. The van der Waals surface area contributed by atoms with Crippen molar-refractivity contribution in [3.8, 4) is 0 Å². The van der Waals surface area contributed by atoms with Crippen LogP contribution in [0.3, 0.4) is 0 Å². The summed E-state index contributed by atoms with van der Waals surface area (Å²) in [6, 6.07) is 0.570. The molecular formula is C14H28N2O2. The van der Waals surface area contributed by atoms with Crippen molar-refractivity contribution in [1.82, 2.24) is 10.2 Å². The molecule has 0 spiro atoms. The molecule has 0 aliphatic carbocycles. The molecule has 1 heterocycles. The fourth-order valence-electron chi connectivity index (χ4n) is 2.60. The first-order valence-corrected chi connectivity index (χ1v) is 7.31. The first-order valence-electron chi connectivity index (χ1n) is 7.31. The molecule has 1 saturated heterocycles. The third-order valence-corrected chi connectivity index (χ3v) is 3.65. The third kappa shape index (κ3) is 4.58. The molecule has 0 saturated carbocycles. The van der Waals surface area contributed by atoms with Gasteiger partial charge in [0, 0.05) is 25.7 Å². The summed E-state index contributed by atoms with van der Waals surface area (Å²) in [4.78, 5) is 13.9. The quantitative estimate of drug-likeness (QED) is 0.704. The minimum Gasteiger partial charge on any atom is -0.372 e. The molecule has 0 aromatic carbocycles. The van der Waals surface area contributed by atoms with E-state index in [-0.39, 0.29) is 12.5 Å². The van der Waals surface area contributed by atoms with Crippen molar-refractivity contribution < 1.29 is 9.53 Å². The Labute approximate surface area is 111 Å². The molecule has 106 valence electrons. The summed E-state index contributed by atoms with van der Waals surface area (Å²) in [5.74, 6) is 0.727. The van der Waals surface area contributed by atoms with Gasteiger partial charge in [-0.25, -0.2) is 0 Å². The highest BCUT2D eigenvalue weighted by Gasteiger charge is 2.29. The van der Waals surface area contributed by atoms with E-state index in [2.05, 4.69) is 26.1 Å². The molecule has 2 atom stereocenters. The van der Waals surface area contributed by atoms with Gasteiger partial charge < -0.3 is 15.0 Å². The van der Waals surface area contributed by atoms with E-state index in [0.29, 0.717) is 18.6 Å². The van der Waals surface area contributed by atoms with Crippen LogP contribution in [0.25, 0.3) is 0 Å². The molecule has 1 aliphatic rings. The number of amides is 1. The van der Waals surface area contributed by atoms with E-state index in [9.17, 15) is 4.79 Å². The topological polar surface area (TPSA) is 41.6 Å². The summed E-state index contributed by atoms with van der Waals surface area (Å²) in [6.07, 6.45) is 3.15. The Bertz CT molecular complexity index is 246. The van der Waals surface area contributed by atoms with Crippen LogP contribution in [0, 0.1) is 5.92 Å². The molecule has 0 aromatic heterocycles. The molecule has 1 rings (SSSR count). The summed E-state index contributed by atoms with van der Waals surface area (Å²) < 4.78 is 5.33. The van der Waals surface area contributed by atoms with Gasteiger partial charge in [-0.05, 0) is 25.3 Å². The number of nitrogens with one attached hydrogen (secondary N) is 1. The Morgan fingerprint density at radius 2 is 2.17 bits per heavy atom. The van der Waals surface area contributed by atoms with Crippen LogP contribution in [0.5, 0.6) is 0 Å². The third-order valence-electron chi connectivity index (χ3n) is 3.65. The maximum atomic E-state index is 12.0. The fraction of sp³-hybridized carbons (Fsp3) is 0.929. The first-order chi connectivity index (χ1) is 8.72. The van der Waals surface area contributed by atoms with Gasteiger partial charge in [0.25, 0.3) is 0 Å². The van der Waals surface area contributed by atoms with Crippen LogP contribution < -0.4 is 5.32 Å². The maximum absolute atomic E-state index is 12.0. The lowest BCUT2D eigenvalue weighted by Gasteiger charge is -2.38. The van der Waals surface area contributed by atoms with Crippen LogP contribution in [0.15, 0.2) is 0 Å². The van der Waals surface area contributed by atoms with Gasteiger partial charge >= 0.3 is 0 Å². The van der Waals surface area contributed by atoms with Gasteiger partial charge in [0.05, 0.1) is 0 Å². The monoisotopic (exact) mass is 256 g/mol. The lowest BCUT2D eigenvalue weighted by Crippen LogP contribution is -2.51. The highest BCUT2D eigenvalue weighted by molar-refractivity contribution is 5.77. The maximum Gasteiger partial charge on any atom is 0.248 e. The van der Waals surface area contributed by atoms with Crippen molar-refractivity contribution >= 4 is 5.91 Å². The van der Waals surface area contributed by atoms with Gasteiger partial charge in [-0.2, -0.15) is 0 Å². The average molecular weight is 256 g/mol. The minimum absolute atomic E-state index is 0.150. The SMILES string of the molecule is CCCOCC(=O)N1CCC(NCC)C(CC)C1. The highest BCUT2D eigenvalue weighted by atomic mass is 16.5. The molecule has 1 N–H and O–H groups in total. The second-order valence-corrected chi connectivity index (χ2v) is 5.01. The van der Waals surface area contributed by atoms with E-state index in [4.69, 9.17) is 4.74 Å². The van der Waals surface area contributed by atoms with Crippen LogP contribution >= 0.6 is 0 Å². The smallest absolute Gasteiger partial charge is 0.248 e. The zero-order valence-electron chi connectivity index (χ0n) is 12.1. The molecule has 0 bridgehead atoms. The van der Waals surface area contributed by atoms with Gasteiger partial charge in [0.15, 0.2) is 0 Å². The van der Waals surface area contributed by atoms with Gasteiger partial charge in [-0.15, -0.1) is 0 Å². The van der Waals surface area contributed by atoms with E-state index in [1.807, 2.05) is 4.90 Å². The second-order valence-electron chi connectivity index (χ2n) is 5.01. The predicted molar refractivity (Wildman–Crippen MR) is 73.6 cm³/mol. The summed E-state index contributed by atoms with van der Waals surface area (Å²) in [6.45, 7) is 10.1. The molecule has 18 heavy (non-hydrogen) atoms. The van der Waals surface area contributed by atoms with Crippen LogP contribution in [-0.2, 0) is 9.53 Å². The summed E-state index contributed by atoms with van der Waals surface area (Å²) >= 11 is 0. The Morgan fingerprint density at radius 1 is 1.39 bits per heavy atom.